The van der Waals surface area contributed by atoms with Crippen molar-refractivity contribution in [3.8, 4) is 0 Å². The second-order valence-electron chi connectivity index (χ2n) is 9.74. The van der Waals surface area contributed by atoms with E-state index in [2.05, 4.69) is 58.6 Å². The lowest BCUT2D eigenvalue weighted by Crippen LogP contribution is -2.42. The molecule has 0 spiro atoms. The van der Waals surface area contributed by atoms with E-state index < -0.39 is 5.60 Å². The number of nitrogens with zero attached hydrogens (tertiary/aromatic N) is 3. The van der Waals surface area contributed by atoms with Gasteiger partial charge in [0.25, 0.3) is 0 Å². The molecule has 3 rings (SSSR count). The van der Waals surface area contributed by atoms with Crippen LogP contribution in [0.1, 0.15) is 80.1 Å². The number of allylic oxidation sites excluding steroid dienone is 3. The molecular weight excluding hydrogens is 430 g/mol. The topological polar surface area (TPSA) is 57.4 Å². The molecular formula is C27H43N3O2S. The molecule has 0 aromatic carbocycles. The molecule has 0 amide bonds. The Morgan fingerprint density at radius 2 is 1.94 bits per heavy atom. The van der Waals surface area contributed by atoms with E-state index in [4.69, 9.17) is 14.7 Å². The summed E-state index contributed by atoms with van der Waals surface area (Å²) in [7, 11) is 0. The maximum absolute atomic E-state index is 11.3. The third kappa shape index (κ3) is 6.47. The summed E-state index contributed by atoms with van der Waals surface area (Å²) in [5, 5.41) is 11.3. The van der Waals surface area contributed by atoms with Gasteiger partial charge in [0.05, 0.1) is 29.7 Å². The summed E-state index contributed by atoms with van der Waals surface area (Å²) >= 11 is 1.70. The van der Waals surface area contributed by atoms with Crippen molar-refractivity contribution in [2.75, 3.05) is 26.3 Å². The number of hydrogen-bond acceptors (Lipinski definition) is 6. The van der Waals surface area contributed by atoms with E-state index in [-0.39, 0.29) is 6.17 Å². The Kier molecular flexibility index (Phi) is 9.57. The summed E-state index contributed by atoms with van der Waals surface area (Å²) in [5.41, 5.74) is 3.79. The molecule has 1 saturated heterocycles. The van der Waals surface area contributed by atoms with Gasteiger partial charge in [-0.25, -0.2) is 0 Å². The van der Waals surface area contributed by atoms with Crippen molar-refractivity contribution in [2.24, 2.45) is 9.98 Å². The second-order valence-corrected chi connectivity index (χ2v) is 10.8. The fraction of sp³-hybridized carbons (Fsp3) is 0.704. The highest BCUT2D eigenvalue weighted by Gasteiger charge is 2.37. The highest BCUT2D eigenvalue weighted by molar-refractivity contribution is 8.07. The molecule has 2 unspecified atom stereocenters. The van der Waals surface area contributed by atoms with Crippen LogP contribution in [0.4, 0.5) is 0 Å². The van der Waals surface area contributed by atoms with Gasteiger partial charge < -0.3 is 9.84 Å². The SMILES string of the molecule is CCCC(CC)N1CC=C(C)CN=C(C2=C(C)CC=C(C3(O)CCOCC3)S2)/C(C)=N\C1C. The van der Waals surface area contributed by atoms with Crippen LogP contribution in [-0.4, -0.2) is 65.5 Å². The number of aliphatic hydroxyl groups is 1. The molecule has 184 valence electrons. The first-order valence-corrected chi connectivity index (χ1v) is 13.5. The standard InChI is InChI=1S/C27H43N3O2S/c1-7-9-23(8-2)30-15-12-19(3)18-28-25(21(5)29-22(30)6)26-20(4)10-11-24(33-26)27(31)13-16-32-17-14-27/h11-12,22-23,31H,7-10,13-18H2,1-6H3/b19-12?,28-25?,29-21-. The average molecular weight is 474 g/mol. The predicted octanol–water partition coefficient (Wildman–Crippen LogP) is 5.91. The van der Waals surface area contributed by atoms with Crippen molar-refractivity contribution in [1.29, 1.82) is 0 Å². The lowest BCUT2D eigenvalue weighted by Gasteiger charge is -2.36. The minimum Gasteiger partial charge on any atom is -0.384 e. The largest absolute Gasteiger partial charge is 0.384 e. The van der Waals surface area contributed by atoms with Gasteiger partial charge in [-0.1, -0.05) is 55.3 Å². The molecule has 0 aromatic rings. The van der Waals surface area contributed by atoms with Crippen LogP contribution < -0.4 is 0 Å². The van der Waals surface area contributed by atoms with Crippen LogP contribution in [0, 0.1) is 0 Å². The summed E-state index contributed by atoms with van der Waals surface area (Å²) in [4.78, 5) is 15.0. The zero-order valence-corrected chi connectivity index (χ0v) is 22.3. The molecule has 1 fully saturated rings. The van der Waals surface area contributed by atoms with E-state index in [0.717, 1.165) is 35.7 Å². The highest BCUT2D eigenvalue weighted by atomic mass is 32.2. The molecule has 33 heavy (non-hydrogen) atoms. The van der Waals surface area contributed by atoms with Crippen molar-refractivity contribution < 1.29 is 9.84 Å². The van der Waals surface area contributed by atoms with Crippen LogP contribution in [0.3, 0.4) is 0 Å². The minimum atomic E-state index is -0.787. The van der Waals surface area contributed by atoms with Gasteiger partial charge in [-0.15, -0.1) is 0 Å². The van der Waals surface area contributed by atoms with Gasteiger partial charge in [0.1, 0.15) is 0 Å². The van der Waals surface area contributed by atoms with Crippen molar-refractivity contribution in [3.05, 3.63) is 33.1 Å². The lowest BCUT2D eigenvalue weighted by molar-refractivity contribution is -0.0346. The van der Waals surface area contributed by atoms with E-state index in [1.807, 2.05) is 0 Å². The first kappa shape index (κ1) is 26.4. The summed E-state index contributed by atoms with van der Waals surface area (Å²) in [6.07, 6.45) is 10.3. The molecule has 0 radical (unpaired) electrons. The van der Waals surface area contributed by atoms with Crippen LogP contribution in [0.15, 0.2) is 43.1 Å². The van der Waals surface area contributed by atoms with Crippen LogP contribution in [0.5, 0.6) is 0 Å². The Morgan fingerprint density at radius 1 is 1.21 bits per heavy atom. The molecule has 0 aliphatic carbocycles. The number of hydrogen-bond donors (Lipinski definition) is 1. The monoisotopic (exact) mass is 473 g/mol. The second kappa shape index (κ2) is 12.0. The summed E-state index contributed by atoms with van der Waals surface area (Å²) in [5.74, 6) is 0. The maximum atomic E-state index is 11.3. The zero-order chi connectivity index (χ0) is 24.0. The maximum Gasteiger partial charge on any atom is 0.0999 e. The van der Waals surface area contributed by atoms with E-state index in [9.17, 15) is 5.11 Å². The molecule has 1 N–H and O–H groups in total. The molecule has 3 aliphatic heterocycles. The van der Waals surface area contributed by atoms with Crippen LogP contribution in [0.25, 0.3) is 0 Å². The molecule has 2 atom stereocenters. The van der Waals surface area contributed by atoms with Gasteiger partial charge in [0.2, 0.25) is 0 Å². The van der Waals surface area contributed by atoms with E-state index in [1.165, 1.54) is 28.9 Å². The Labute approximate surface area is 205 Å². The predicted molar refractivity (Wildman–Crippen MR) is 142 cm³/mol. The Hall–Kier alpha value is -1.21. The van der Waals surface area contributed by atoms with Crippen LogP contribution in [-0.2, 0) is 4.74 Å². The minimum absolute atomic E-state index is 0.0954. The molecule has 3 aliphatic rings. The van der Waals surface area contributed by atoms with Gasteiger partial charge in [-0.05, 0) is 47.0 Å². The zero-order valence-electron chi connectivity index (χ0n) is 21.5. The Balaban J connectivity index is 1.92. The fourth-order valence-corrected chi connectivity index (χ4v) is 6.26. The number of rotatable bonds is 6. The van der Waals surface area contributed by atoms with E-state index >= 15 is 0 Å². The third-order valence-electron chi connectivity index (χ3n) is 7.09. The molecule has 0 aromatic heterocycles. The van der Waals surface area contributed by atoms with Gasteiger partial charge in [0, 0.05) is 48.5 Å². The normalized spacial score (nSPS) is 27.8. The number of thioether (sulfide) groups is 1. The summed E-state index contributed by atoms with van der Waals surface area (Å²) in [6.45, 7) is 16.1. The van der Waals surface area contributed by atoms with Crippen molar-refractivity contribution in [1.82, 2.24) is 4.90 Å². The first-order chi connectivity index (χ1) is 15.8. The smallest absolute Gasteiger partial charge is 0.0999 e. The van der Waals surface area contributed by atoms with Gasteiger partial charge in [-0.2, -0.15) is 0 Å². The quantitative estimate of drug-likeness (QED) is 0.487. The Morgan fingerprint density at radius 3 is 2.61 bits per heavy atom. The lowest BCUT2D eigenvalue weighted by atomic mass is 9.92. The van der Waals surface area contributed by atoms with E-state index in [1.54, 1.807) is 11.8 Å². The van der Waals surface area contributed by atoms with Gasteiger partial charge in [-0.3, -0.25) is 14.9 Å². The molecule has 3 heterocycles. The van der Waals surface area contributed by atoms with Crippen molar-refractivity contribution >= 4 is 23.2 Å². The average Bonchev–Trinajstić information content (AvgIpc) is 2.79. The van der Waals surface area contributed by atoms with E-state index in [0.29, 0.717) is 38.6 Å². The summed E-state index contributed by atoms with van der Waals surface area (Å²) < 4.78 is 5.51. The molecule has 6 heteroatoms. The number of ether oxygens (including phenoxy) is 1. The van der Waals surface area contributed by atoms with Gasteiger partial charge >= 0.3 is 0 Å². The fourth-order valence-electron chi connectivity index (χ4n) is 4.91. The van der Waals surface area contributed by atoms with Crippen molar-refractivity contribution in [3.63, 3.8) is 0 Å². The highest BCUT2D eigenvalue weighted by Crippen LogP contribution is 2.44. The van der Waals surface area contributed by atoms with Gasteiger partial charge in [0.15, 0.2) is 0 Å². The first-order valence-electron chi connectivity index (χ1n) is 12.7. The number of aliphatic imine (C=N–C) groups is 2. The van der Waals surface area contributed by atoms with Crippen LogP contribution >= 0.6 is 11.8 Å². The van der Waals surface area contributed by atoms with Crippen molar-refractivity contribution in [2.45, 2.75) is 97.9 Å². The Bertz CT molecular complexity index is 849. The molecule has 0 bridgehead atoms. The molecule has 0 saturated carbocycles. The third-order valence-corrected chi connectivity index (χ3v) is 8.60. The molecule has 5 nitrogen and oxygen atoms in total. The van der Waals surface area contributed by atoms with Crippen LogP contribution in [0.2, 0.25) is 0 Å². The summed E-state index contributed by atoms with van der Waals surface area (Å²) in [6, 6.07) is 0.535.